The maximum atomic E-state index is 13.6. The molecule has 92 valence electrons. The smallest absolute Gasteiger partial charge is 0.297 e. The predicted molar refractivity (Wildman–Crippen MR) is 66.5 cm³/mol. The van der Waals surface area contributed by atoms with Crippen molar-refractivity contribution in [3.05, 3.63) is 17.8 Å². The summed E-state index contributed by atoms with van der Waals surface area (Å²) in [5.41, 5.74) is 0. The van der Waals surface area contributed by atoms with E-state index in [9.17, 15) is 9.18 Å². The van der Waals surface area contributed by atoms with Gasteiger partial charge in [-0.15, -0.1) is 0 Å². The highest BCUT2D eigenvalue weighted by Gasteiger charge is 2.19. The van der Waals surface area contributed by atoms with Crippen molar-refractivity contribution in [2.75, 3.05) is 31.2 Å². The van der Waals surface area contributed by atoms with Gasteiger partial charge < -0.3 is 9.64 Å². The second-order valence-electron chi connectivity index (χ2n) is 3.39. The van der Waals surface area contributed by atoms with Crippen LogP contribution in [0.4, 0.5) is 10.2 Å². The molecule has 2 heterocycles. The van der Waals surface area contributed by atoms with E-state index < -0.39 is 11.7 Å². The second-order valence-corrected chi connectivity index (χ2v) is 3.93. The topological polar surface area (TPSA) is 67.4 Å². The first-order valence-electron chi connectivity index (χ1n) is 4.98. The van der Waals surface area contributed by atoms with Crippen LogP contribution < -0.4 is 8.43 Å². The largest absolute Gasteiger partial charge is 0.378 e. The van der Waals surface area contributed by atoms with E-state index in [-0.39, 0.29) is 11.6 Å². The molecule has 1 amide bonds. The molecule has 1 aromatic heterocycles. The molecule has 0 bridgehead atoms. The minimum absolute atomic E-state index is 0.0395. The monoisotopic (exact) mass is 352 g/mol. The van der Waals surface area contributed by atoms with Crippen molar-refractivity contribution in [3.63, 3.8) is 0 Å². The minimum atomic E-state index is -0.531. The van der Waals surface area contributed by atoms with Crippen LogP contribution in [-0.4, -0.2) is 42.2 Å². The number of anilines is 1. The number of hydrogen-bond donors (Lipinski definition) is 1. The predicted octanol–water partition coefficient (Wildman–Crippen LogP) is 0.532. The summed E-state index contributed by atoms with van der Waals surface area (Å²) in [6.07, 6.45) is 1.01. The van der Waals surface area contributed by atoms with Crippen LogP contribution in [0.5, 0.6) is 0 Å². The number of halogens is 2. The lowest BCUT2D eigenvalue weighted by Crippen LogP contribution is -2.37. The Morgan fingerprint density at radius 2 is 2.24 bits per heavy atom. The fraction of sp³-hybridized carbons (Fsp3) is 0.444. The molecule has 1 N–H and O–H groups in total. The summed E-state index contributed by atoms with van der Waals surface area (Å²) in [4.78, 5) is 20.7. The Labute approximate surface area is 111 Å². The van der Waals surface area contributed by atoms with Gasteiger partial charge in [-0.3, -0.25) is 8.32 Å². The van der Waals surface area contributed by atoms with Crippen molar-refractivity contribution in [1.82, 2.24) is 13.5 Å². The number of hydrogen-bond acceptors (Lipinski definition) is 5. The normalized spacial score (nSPS) is 15.8. The Balaban J connectivity index is 2.28. The standard InChI is InChI=1S/C9H10FIN4O2/c10-6-5-12-7(9(16)14-11)13-8(6)15-1-3-17-4-2-15/h5H,1-4H2,(H,14,16). The molecule has 8 heteroatoms. The van der Waals surface area contributed by atoms with E-state index in [1.807, 2.05) is 0 Å². The molecule has 0 radical (unpaired) electrons. The lowest BCUT2D eigenvalue weighted by molar-refractivity contribution is 0.0979. The van der Waals surface area contributed by atoms with Gasteiger partial charge in [-0.05, 0) is 0 Å². The molecule has 1 saturated heterocycles. The van der Waals surface area contributed by atoms with E-state index in [2.05, 4.69) is 13.5 Å². The summed E-state index contributed by atoms with van der Waals surface area (Å²) < 4.78 is 21.1. The molecule has 0 aromatic carbocycles. The number of nitrogens with one attached hydrogen (secondary N) is 1. The molecule has 0 aliphatic carbocycles. The van der Waals surface area contributed by atoms with Crippen molar-refractivity contribution in [2.45, 2.75) is 0 Å². The molecule has 2 rings (SSSR count). The van der Waals surface area contributed by atoms with Crippen molar-refractivity contribution < 1.29 is 13.9 Å². The zero-order valence-corrected chi connectivity index (χ0v) is 11.0. The molecule has 1 aliphatic heterocycles. The van der Waals surface area contributed by atoms with E-state index in [1.54, 1.807) is 27.8 Å². The SMILES string of the molecule is O=C(NI)c1ncc(F)c(N2CCOCC2)n1. The van der Waals surface area contributed by atoms with Crippen LogP contribution in [0.25, 0.3) is 0 Å². The average molecular weight is 352 g/mol. The molecule has 0 saturated carbocycles. The van der Waals surface area contributed by atoms with Crippen molar-refractivity contribution in [3.8, 4) is 0 Å². The van der Waals surface area contributed by atoms with Crippen LogP contribution in [0.15, 0.2) is 6.20 Å². The summed E-state index contributed by atoms with van der Waals surface area (Å²) in [5, 5.41) is 0. The van der Waals surface area contributed by atoms with Crippen LogP contribution in [-0.2, 0) is 4.74 Å². The summed E-state index contributed by atoms with van der Waals surface area (Å²) in [7, 11) is 0. The minimum Gasteiger partial charge on any atom is -0.378 e. The molecule has 0 spiro atoms. The Bertz CT molecular complexity index is 425. The molecule has 0 atom stereocenters. The van der Waals surface area contributed by atoms with Crippen molar-refractivity contribution >= 4 is 34.6 Å². The van der Waals surface area contributed by atoms with Gasteiger partial charge in [0.1, 0.15) is 0 Å². The highest BCUT2D eigenvalue weighted by Crippen LogP contribution is 2.16. The van der Waals surface area contributed by atoms with Crippen LogP contribution in [0.1, 0.15) is 10.6 Å². The van der Waals surface area contributed by atoms with Gasteiger partial charge in [-0.2, -0.15) is 0 Å². The number of ether oxygens (including phenoxy) is 1. The van der Waals surface area contributed by atoms with E-state index in [0.717, 1.165) is 6.20 Å². The van der Waals surface area contributed by atoms with E-state index in [0.29, 0.717) is 26.3 Å². The molecular weight excluding hydrogens is 342 g/mol. The number of nitrogens with zero attached hydrogens (tertiary/aromatic N) is 3. The summed E-state index contributed by atoms with van der Waals surface area (Å²) in [6, 6.07) is 0. The third-order valence-corrected chi connectivity index (χ3v) is 2.82. The quantitative estimate of drug-likeness (QED) is 0.622. The van der Waals surface area contributed by atoms with E-state index >= 15 is 0 Å². The first-order valence-corrected chi connectivity index (χ1v) is 6.06. The molecule has 1 aromatic rings. The Morgan fingerprint density at radius 1 is 1.53 bits per heavy atom. The molecule has 1 aliphatic rings. The van der Waals surface area contributed by atoms with Crippen LogP contribution >= 0.6 is 22.9 Å². The maximum absolute atomic E-state index is 13.6. The number of carbonyl (C=O) groups excluding carboxylic acids is 1. The number of carbonyl (C=O) groups is 1. The third kappa shape index (κ3) is 2.80. The van der Waals surface area contributed by atoms with Crippen molar-refractivity contribution in [1.29, 1.82) is 0 Å². The highest BCUT2D eigenvalue weighted by molar-refractivity contribution is 14.1. The van der Waals surface area contributed by atoms with Gasteiger partial charge in [0.2, 0.25) is 5.82 Å². The van der Waals surface area contributed by atoms with E-state index in [1.165, 1.54) is 0 Å². The lowest BCUT2D eigenvalue weighted by Gasteiger charge is -2.27. The summed E-state index contributed by atoms with van der Waals surface area (Å²) in [6.45, 7) is 2.16. The third-order valence-electron chi connectivity index (χ3n) is 2.33. The van der Waals surface area contributed by atoms with Gasteiger partial charge in [0.15, 0.2) is 11.6 Å². The fourth-order valence-electron chi connectivity index (χ4n) is 1.51. The summed E-state index contributed by atoms with van der Waals surface area (Å²) in [5.74, 6) is -0.863. The van der Waals surface area contributed by atoms with Gasteiger partial charge in [-0.25, -0.2) is 14.4 Å². The zero-order valence-electron chi connectivity index (χ0n) is 8.82. The second kappa shape index (κ2) is 5.54. The molecule has 17 heavy (non-hydrogen) atoms. The molecule has 6 nitrogen and oxygen atoms in total. The number of morpholine rings is 1. The molecule has 1 fully saturated rings. The Hall–Kier alpha value is -1.03. The highest BCUT2D eigenvalue weighted by atomic mass is 127. The Kier molecular flexibility index (Phi) is 4.05. The van der Waals surface area contributed by atoms with Gasteiger partial charge in [0, 0.05) is 13.1 Å². The van der Waals surface area contributed by atoms with Gasteiger partial charge >= 0.3 is 0 Å². The van der Waals surface area contributed by atoms with Gasteiger partial charge in [-0.1, -0.05) is 0 Å². The first-order chi connectivity index (χ1) is 8.22. The van der Waals surface area contributed by atoms with Crippen LogP contribution in [0.3, 0.4) is 0 Å². The average Bonchev–Trinajstić information content (AvgIpc) is 2.39. The molecule has 0 unspecified atom stereocenters. The fourth-order valence-corrected chi connectivity index (χ4v) is 1.75. The zero-order chi connectivity index (χ0) is 12.3. The van der Waals surface area contributed by atoms with Gasteiger partial charge in [0.25, 0.3) is 5.91 Å². The summed E-state index contributed by atoms with van der Waals surface area (Å²) >= 11 is 1.68. The number of rotatable bonds is 2. The molecular formula is C9H10FIN4O2. The van der Waals surface area contributed by atoms with Crippen LogP contribution in [0, 0.1) is 5.82 Å². The number of aromatic nitrogens is 2. The van der Waals surface area contributed by atoms with E-state index in [4.69, 9.17) is 4.74 Å². The lowest BCUT2D eigenvalue weighted by atomic mass is 10.4. The van der Waals surface area contributed by atoms with Crippen molar-refractivity contribution in [2.24, 2.45) is 0 Å². The number of amides is 1. The van der Waals surface area contributed by atoms with Crippen LogP contribution in [0.2, 0.25) is 0 Å². The first kappa shape index (κ1) is 12.4. The van der Waals surface area contributed by atoms with Gasteiger partial charge in [0.05, 0.1) is 42.3 Å². The Morgan fingerprint density at radius 3 is 2.88 bits per heavy atom. The maximum Gasteiger partial charge on any atom is 0.297 e.